The standard InChI is InChI=1S/C19H13F6N3O2/c20-18(21,22)13-4-3-12(16(8-13)19(23,24)25)10-28-11-14(9-26-28)27-17(29)6-5-15-2-1-7-30-15/h1-9,11H,10H2,(H,27,29)/b6-5+. The van der Waals surface area contributed by atoms with Gasteiger partial charge in [-0.2, -0.15) is 31.4 Å². The minimum absolute atomic E-state index is 0.0704. The molecule has 0 saturated heterocycles. The number of benzene rings is 1. The fourth-order valence-electron chi connectivity index (χ4n) is 2.57. The van der Waals surface area contributed by atoms with Crippen molar-refractivity contribution < 1.29 is 35.6 Å². The van der Waals surface area contributed by atoms with Crippen LogP contribution in [0.5, 0.6) is 0 Å². The third kappa shape index (κ3) is 5.31. The number of nitrogens with one attached hydrogen (secondary N) is 1. The number of nitrogens with zero attached hydrogens (tertiary/aromatic N) is 2. The number of carbonyl (C=O) groups is 1. The molecular formula is C19H13F6N3O2. The smallest absolute Gasteiger partial charge is 0.416 e. The van der Waals surface area contributed by atoms with Crippen LogP contribution in [0, 0.1) is 0 Å². The van der Waals surface area contributed by atoms with Gasteiger partial charge in [-0.25, -0.2) is 0 Å². The van der Waals surface area contributed by atoms with Gasteiger partial charge in [-0.05, 0) is 35.9 Å². The maximum atomic E-state index is 13.2. The minimum Gasteiger partial charge on any atom is -0.465 e. The lowest BCUT2D eigenvalue weighted by Gasteiger charge is -2.16. The van der Waals surface area contributed by atoms with Crippen molar-refractivity contribution in [2.75, 3.05) is 5.32 Å². The van der Waals surface area contributed by atoms with E-state index in [0.29, 0.717) is 11.8 Å². The van der Waals surface area contributed by atoms with Crippen molar-refractivity contribution in [2.24, 2.45) is 0 Å². The molecule has 3 aromatic rings. The zero-order chi connectivity index (χ0) is 21.9. The first-order chi connectivity index (χ1) is 14.0. The molecule has 11 heteroatoms. The number of halogens is 6. The van der Waals surface area contributed by atoms with E-state index in [2.05, 4.69) is 10.4 Å². The first-order valence-electron chi connectivity index (χ1n) is 8.35. The third-order valence-corrected chi connectivity index (χ3v) is 3.92. The van der Waals surface area contributed by atoms with Crippen LogP contribution in [0.25, 0.3) is 6.08 Å². The van der Waals surface area contributed by atoms with E-state index in [9.17, 15) is 31.1 Å². The van der Waals surface area contributed by atoms with Gasteiger partial charge < -0.3 is 9.73 Å². The summed E-state index contributed by atoms with van der Waals surface area (Å²) in [5.74, 6) is -0.0840. The van der Waals surface area contributed by atoms with E-state index in [4.69, 9.17) is 4.42 Å². The SMILES string of the molecule is O=C(/C=C/c1ccco1)Nc1cnn(Cc2ccc(C(F)(F)F)cc2C(F)(F)F)c1. The molecule has 2 heterocycles. The molecule has 0 aliphatic rings. The normalized spacial score (nSPS) is 12.5. The molecule has 1 N–H and O–H groups in total. The van der Waals surface area contributed by atoms with Gasteiger partial charge in [0.2, 0.25) is 5.91 Å². The fraction of sp³-hybridized carbons (Fsp3) is 0.158. The van der Waals surface area contributed by atoms with Gasteiger partial charge in [0.05, 0.1) is 35.8 Å². The Balaban J connectivity index is 1.74. The summed E-state index contributed by atoms with van der Waals surface area (Å²) < 4.78 is 84.1. The maximum absolute atomic E-state index is 13.2. The number of alkyl halides is 6. The Morgan fingerprint density at radius 2 is 1.90 bits per heavy atom. The average Bonchev–Trinajstić information content (AvgIpc) is 3.30. The summed E-state index contributed by atoms with van der Waals surface area (Å²) in [7, 11) is 0. The van der Waals surface area contributed by atoms with Crippen molar-refractivity contribution in [3.63, 3.8) is 0 Å². The van der Waals surface area contributed by atoms with Gasteiger partial charge in [0, 0.05) is 12.3 Å². The summed E-state index contributed by atoms with van der Waals surface area (Å²) in [4.78, 5) is 11.9. The number of anilines is 1. The highest BCUT2D eigenvalue weighted by Gasteiger charge is 2.38. The van der Waals surface area contributed by atoms with E-state index in [1.54, 1.807) is 12.1 Å². The average molecular weight is 429 g/mol. The molecule has 0 aliphatic carbocycles. The van der Waals surface area contributed by atoms with Gasteiger partial charge in [0.25, 0.3) is 0 Å². The lowest BCUT2D eigenvalue weighted by molar-refractivity contribution is -0.143. The highest BCUT2D eigenvalue weighted by molar-refractivity contribution is 6.01. The number of furan rings is 1. The van der Waals surface area contributed by atoms with Gasteiger partial charge in [0.15, 0.2) is 0 Å². The third-order valence-electron chi connectivity index (χ3n) is 3.92. The predicted molar refractivity (Wildman–Crippen MR) is 94.1 cm³/mol. The maximum Gasteiger partial charge on any atom is 0.416 e. The van der Waals surface area contributed by atoms with E-state index in [0.717, 1.165) is 10.7 Å². The molecule has 30 heavy (non-hydrogen) atoms. The van der Waals surface area contributed by atoms with Crippen LogP contribution in [-0.4, -0.2) is 15.7 Å². The number of hydrogen-bond acceptors (Lipinski definition) is 3. The molecule has 3 rings (SSSR count). The Morgan fingerprint density at radius 1 is 1.13 bits per heavy atom. The van der Waals surface area contributed by atoms with E-state index >= 15 is 0 Å². The summed E-state index contributed by atoms with van der Waals surface area (Å²) in [6.45, 7) is -0.439. The van der Waals surface area contributed by atoms with Crippen molar-refractivity contribution in [2.45, 2.75) is 18.9 Å². The minimum atomic E-state index is -4.97. The van der Waals surface area contributed by atoms with E-state index < -0.39 is 41.5 Å². The largest absolute Gasteiger partial charge is 0.465 e. The van der Waals surface area contributed by atoms with Crippen LogP contribution in [0.1, 0.15) is 22.5 Å². The zero-order valence-electron chi connectivity index (χ0n) is 15.0. The monoisotopic (exact) mass is 429 g/mol. The Bertz CT molecular complexity index is 1050. The van der Waals surface area contributed by atoms with Crippen LogP contribution in [-0.2, 0) is 23.7 Å². The molecule has 0 aliphatic heterocycles. The molecule has 0 unspecified atom stereocenters. The number of rotatable bonds is 5. The van der Waals surface area contributed by atoms with Crippen LogP contribution in [0.2, 0.25) is 0 Å². The fourth-order valence-corrected chi connectivity index (χ4v) is 2.57. The summed E-state index contributed by atoms with van der Waals surface area (Å²) in [5, 5.41) is 6.30. The van der Waals surface area contributed by atoms with Gasteiger partial charge in [-0.15, -0.1) is 0 Å². The second kappa shape index (κ2) is 8.09. The quantitative estimate of drug-likeness (QED) is 0.447. The highest BCUT2D eigenvalue weighted by atomic mass is 19.4. The van der Waals surface area contributed by atoms with Crippen LogP contribution in [0.3, 0.4) is 0 Å². The molecule has 1 aromatic carbocycles. The molecule has 0 atom stereocenters. The number of aromatic nitrogens is 2. The van der Waals surface area contributed by atoms with Crippen molar-refractivity contribution in [3.8, 4) is 0 Å². The first-order valence-corrected chi connectivity index (χ1v) is 8.35. The van der Waals surface area contributed by atoms with Crippen LogP contribution in [0.15, 0.2) is 59.5 Å². The molecule has 2 aromatic heterocycles. The van der Waals surface area contributed by atoms with E-state index in [-0.39, 0.29) is 11.8 Å². The Kier molecular flexibility index (Phi) is 5.72. The molecule has 0 radical (unpaired) electrons. The molecular weight excluding hydrogens is 416 g/mol. The van der Waals surface area contributed by atoms with Crippen molar-refractivity contribution >= 4 is 17.7 Å². The molecule has 0 bridgehead atoms. The number of carbonyl (C=O) groups excluding carboxylic acids is 1. The van der Waals surface area contributed by atoms with Crippen LogP contribution >= 0.6 is 0 Å². The molecule has 0 saturated carbocycles. The first kappa shape index (κ1) is 21.2. The zero-order valence-corrected chi connectivity index (χ0v) is 15.0. The summed E-state index contributed by atoms with van der Waals surface area (Å²) in [6, 6.07) is 4.68. The molecule has 0 spiro atoms. The van der Waals surface area contributed by atoms with Gasteiger partial charge >= 0.3 is 12.4 Å². The van der Waals surface area contributed by atoms with E-state index in [1.165, 1.54) is 30.8 Å². The lowest BCUT2D eigenvalue weighted by atomic mass is 10.0. The van der Waals surface area contributed by atoms with Crippen molar-refractivity contribution in [3.05, 3.63) is 77.5 Å². The van der Waals surface area contributed by atoms with Crippen LogP contribution < -0.4 is 5.32 Å². The van der Waals surface area contributed by atoms with E-state index in [1.807, 2.05) is 0 Å². The highest BCUT2D eigenvalue weighted by Crippen LogP contribution is 2.37. The van der Waals surface area contributed by atoms with Crippen molar-refractivity contribution in [1.29, 1.82) is 0 Å². The predicted octanol–water partition coefficient (Wildman–Crippen LogP) is 5.21. The van der Waals surface area contributed by atoms with Gasteiger partial charge in [-0.3, -0.25) is 9.48 Å². The Morgan fingerprint density at radius 3 is 2.53 bits per heavy atom. The molecule has 158 valence electrons. The second-order valence-corrected chi connectivity index (χ2v) is 6.13. The van der Waals surface area contributed by atoms with Crippen molar-refractivity contribution in [1.82, 2.24) is 9.78 Å². The Labute approximate surface area is 165 Å². The van der Waals surface area contributed by atoms with Crippen LogP contribution in [0.4, 0.5) is 32.0 Å². The topological polar surface area (TPSA) is 60.1 Å². The summed E-state index contributed by atoms with van der Waals surface area (Å²) in [5.41, 5.74) is -2.99. The summed E-state index contributed by atoms with van der Waals surface area (Å²) in [6.07, 6.45) is -3.38. The molecule has 0 fully saturated rings. The number of amides is 1. The van der Waals surface area contributed by atoms with Gasteiger partial charge in [0.1, 0.15) is 5.76 Å². The lowest BCUT2D eigenvalue weighted by Crippen LogP contribution is -2.15. The second-order valence-electron chi connectivity index (χ2n) is 6.13. The number of hydrogen-bond donors (Lipinski definition) is 1. The molecule has 5 nitrogen and oxygen atoms in total. The Hall–Kier alpha value is -3.50. The summed E-state index contributed by atoms with van der Waals surface area (Å²) >= 11 is 0. The van der Waals surface area contributed by atoms with Gasteiger partial charge in [-0.1, -0.05) is 6.07 Å². The molecule has 1 amide bonds.